The van der Waals surface area contributed by atoms with E-state index in [4.69, 9.17) is 0 Å². The van der Waals surface area contributed by atoms with Crippen LogP contribution in [-0.4, -0.2) is 20.7 Å². The van der Waals surface area contributed by atoms with Crippen LogP contribution in [0, 0.1) is 17.6 Å². The lowest BCUT2D eigenvalue weighted by atomic mass is 10.2. The van der Waals surface area contributed by atoms with E-state index >= 15 is 0 Å². The lowest BCUT2D eigenvalue weighted by Crippen LogP contribution is -2.28. The molecule has 1 amide bonds. The molecule has 0 saturated heterocycles. The second-order valence-electron chi connectivity index (χ2n) is 7.09. The van der Waals surface area contributed by atoms with Gasteiger partial charge in [-0.3, -0.25) is 14.2 Å². The zero-order chi connectivity index (χ0) is 21.1. The number of aromatic nitrogens is 2. The molecular weight excluding hydrogens is 396 g/mol. The maximum Gasteiger partial charge on any atom is 0.262 e. The van der Waals surface area contributed by atoms with E-state index in [1.54, 1.807) is 35.8 Å². The van der Waals surface area contributed by atoms with Crippen molar-refractivity contribution in [3.8, 4) is 0 Å². The Morgan fingerprint density at radius 3 is 2.59 bits per heavy atom. The Labute approximate surface area is 171 Å². The van der Waals surface area contributed by atoms with Crippen molar-refractivity contribution in [2.45, 2.75) is 37.7 Å². The number of amides is 1. The molecule has 1 aromatic heterocycles. The summed E-state index contributed by atoms with van der Waals surface area (Å²) in [5.41, 5.74) is 0.288. The van der Waals surface area contributed by atoms with Crippen molar-refractivity contribution >= 4 is 34.3 Å². The molecule has 29 heavy (non-hydrogen) atoms. The van der Waals surface area contributed by atoms with Gasteiger partial charge in [-0.25, -0.2) is 13.8 Å². The number of hydrogen-bond acceptors (Lipinski definition) is 4. The lowest BCUT2D eigenvalue weighted by Gasteiger charge is -2.17. The molecule has 0 aliphatic rings. The molecule has 8 heteroatoms. The fourth-order valence-corrected chi connectivity index (χ4v) is 3.72. The van der Waals surface area contributed by atoms with Crippen molar-refractivity contribution in [1.29, 1.82) is 0 Å². The molecule has 0 unspecified atom stereocenters. The summed E-state index contributed by atoms with van der Waals surface area (Å²) < 4.78 is 28.4. The number of nitrogens with one attached hydrogen (secondary N) is 1. The van der Waals surface area contributed by atoms with Crippen LogP contribution < -0.4 is 10.9 Å². The van der Waals surface area contributed by atoms with Gasteiger partial charge in [-0.05, 0) is 37.1 Å². The van der Waals surface area contributed by atoms with Crippen LogP contribution in [0.2, 0.25) is 0 Å². The van der Waals surface area contributed by atoms with Gasteiger partial charge >= 0.3 is 0 Å². The summed E-state index contributed by atoms with van der Waals surface area (Å²) in [4.78, 5) is 30.0. The number of nitrogens with zero attached hydrogens (tertiary/aromatic N) is 2. The fourth-order valence-electron chi connectivity index (χ4n) is 2.80. The SMILES string of the molecule is CC(C)Cn1c(S[C@@H](C)C(=O)Nc2ccc(F)cc2F)nc2ccccc2c1=O. The fraction of sp³-hybridized carbons (Fsp3) is 0.286. The van der Waals surface area contributed by atoms with Crippen molar-refractivity contribution in [2.75, 3.05) is 5.32 Å². The maximum atomic E-state index is 13.8. The number of para-hydroxylation sites is 1. The highest BCUT2D eigenvalue weighted by Gasteiger charge is 2.21. The van der Waals surface area contributed by atoms with E-state index in [9.17, 15) is 18.4 Å². The van der Waals surface area contributed by atoms with E-state index in [0.29, 0.717) is 28.7 Å². The molecule has 3 rings (SSSR count). The predicted molar refractivity (Wildman–Crippen MR) is 111 cm³/mol. The third kappa shape index (κ3) is 4.82. The average Bonchev–Trinajstić information content (AvgIpc) is 2.66. The zero-order valence-electron chi connectivity index (χ0n) is 16.3. The number of fused-ring (bicyclic) bond motifs is 1. The van der Waals surface area contributed by atoms with E-state index in [-0.39, 0.29) is 17.2 Å². The molecule has 1 heterocycles. The molecule has 1 N–H and O–H groups in total. The lowest BCUT2D eigenvalue weighted by molar-refractivity contribution is -0.115. The summed E-state index contributed by atoms with van der Waals surface area (Å²) in [6.07, 6.45) is 0. The smallest absolute Gasteiger partial charge is 0.262 e. The van der Waals surface area contributed by atoms with Crippen molar-refractivity contribution in [1.82, 2.24) is 9.55 Å². The van der Waals surface area contributed by atoms with Gasteiger partial charge in [0.05, 0.1) is 21.8 Å². The van der Waals surface area contributed by atoms with Crippen LogP contribution >= 0.6 is 11.8 Å². The molecule has 0 bridgehead atoms. The summed E-state index contributed by atoms with van der Waals surface area (Å²) in [7, 11) is 0. The first-order valence-corrected chi connectivity index (χ1v) is 10.1. The molecule has 5 nitrogen and oxygen atoms in total. The van der Waals surface area contributed by atoms with E-state index in [2.05, 4.69) is 10.3 Å². The average molecular weight is 417 g/mol. The Hall–Kier alpha value is -2.74. The quantitative estimate of drug-likeness (QED) is 0.475. The highest BCUT2D eigenvalue weighted by atomic mass is 32.2. The van der Waals surface area contributed by atoms with Crippen LogP contribution in [-0.2, 0) is 11.3 Å². The minimum absolute atomic E-state index is 0.102. The number of hydrogen-bond donors (Lipinski definition) is 1. The Morgan fingerprint density at radius 2 is 1.90 bits per heavy atom. The first kappa shape index (κ1) is 21.0. The molecule has 0 aliphatic carbocycles. The van der Waals surface area contributed by atoms with Gasteiger partial charge in [0.1, 0.15) is 11.6 Å². The molecule has 1 atom stereocenters. The van der Waals surface area contributed by atoms with Crippen LogP contribution in [0.25, 0.3) is 10.9 Å². The summed E-state index contributed by atoms with van der Waals surface area (Å²) in [6, 6.07) is 10.0. The molecule has 2 aromatic carbocycles. The molecule has 0 aliphatic heterocycles. The highest BCUT2D eigenvalue weighted by Crippen LogP contribution is 2.25. The first-order valence-electron chi connectivity index (χ1n) is 9.18. The summed E-state index contributed by atoms with van der Waals surface area (Å²) in [5.74, 6) is -1.84. The first-order chi connectivity index (χ1) is 13.8. The van der Waals surface area contributed by atoms with Gasteiger partial charge in [-0.2, -0.15) is 0 Å². The number of carbonyl (C=O) groups is 1. The minimum Gasteiger partial charge on any atom is -0.323 e. The van der Waals surface area contributed by atoms with E-state index in [0.717, 1.165) is 17.8 Å². The van der Waals surface area contributed by atoms with Gasteiger partial charge in [0.2, 0.25) is 5.91 Å². The van der Waals surface area contributed by atoms with Crippen molar-refractivity contribution in [3.63, 3.8) is 0 Å². The summed E-state index contributed by atoms with van der Waals surface area (Å²) in [6.45, 7) is 6.08. The van der Waals surface area contributed by atoms with Gasteiger partial charge < -0.3 is 5.32 Å². The number of carbonyl (C=O) groups excluding carboxylic acids is 1. The number of thioether (sulfide) groups is 1. The van der Waals surface area contributed by atoms with Crippen LogP contribution in [0.15, 0.2) is 52.4 Å². The van der Waals surface area contributed by atoms with Crippen LogP contribution in [0.4, 0.5) is 14.5 Å². The van der Waals surface area contributed by atoms with Gasteiger partial charge in [-0.15, -0.1) is 0 Å². The number of halogens is 2. The van der Waals surface area contributed by atoms with Gasteiger partial charge in [0, 0.05) is 12.6 Å². The van der Waals surface area contributed by atoms with E-state index in [1.807, 2.05) is 13.8 Å². The monoisotopic (exact) mass is 417 g/mol. The van der Waals surface area contributed by atoms with Crippen molar-refractivity contribution in [2.24, 2.45) is 5.92 Å². The van der Waals surface area contributed by atoms with E-state index < -0.39 is 22.8 Å². The second kappa shape index (κ2) is 8.73. The largest absolute Gasteiger partial charge is 0.323 e. The molecule has 0 radical (unpaired) electrons. The van der Waals surface area contributed by atoms with Gasteiger partial charge in [-0.1, -0.05) is 37.7 Å². The normalized spacial score (nSPS) is 12.3. The molecule has 0 spiro atoms. The summed E-state index contributed by atoms with van der Waals surface area (Å²) >= 11 is 1.12. The number of anilines is 1. The Morgan fingerprint density at radius 1 is 1.17 bits per heavy atom. The molecule has 152 valence electrons. The van der Waals surface area contributed by atoms with E-state index in [1.165, 1.54) is 6.07 Å². The van der Waals surface area contributed by atoms with Crippen LogP contribution in [0.3, 0.4) is 0 Å². The Bertz CT molecular complexity index is 1110. The van der Waals surface area contributed by atoms with Crippen molar-refractivity contribution < 1.29 is 13.6 Å². The van der Waals surface area contributed by atoms with Crippen LogP contribution in [0.1, 0.15) is 20.8 Å². The van der Waals surface area contributed by atoms with Crippen molar-refractivity contribution in [3.05, 3.63) is 64.5 Å². The standard InChI is InChI=1S/C21H21F2N3O2S/c1-12(2)11-26-20(28)15-6-4-5-7-17(15)25-21(26)29-13(3)19(27)24-18-9-8-14(22)10-16(18)23/h4-10,12-13H,11H2,1-3H3,(H,24,27)/t13-/m0/s1. The number of rotatable bonds is 6. The highest BCUT2D eigenvalue weighted by molar-refractivity contribution is 8.00. The Balaban J connectivity index is 1.89. The van der Waals surface area contributed by atoms with Gasteiger partial charge in [0.15, 0.2) is 5.16 Å². The molecular formula is C21H21F2N3O2S. The summed E-state index contributed by atoms with van der Waals surface area (Å²) in [5, 5.41) is 2.73. The Kier molecular flexibility index (Phi) is 6.32. The second-order valence-corrected chi connectivity index (χ2v) is 8.40. The molecule has 0 saturated carbocycles. The third-order valence-corrected chi connectivity index (χ3v) is 5.30. The van der Waals surface area contributed by atoms with Gasteiger partial charge in [0.25, 0.3) is 5.56 Å². The van der Waals surface area contributed by atoms with Crippen LogP contribution in [0.5, 0.6) is 0 Å². The predicted octanol–water partition coefficient (Wildman–Crippen LogP) is 4.45. The minimum atomic E-state index is -0.851. The topological polar surface area (TPSA) is 64.0 Å². The third-order valence-electron chi connectivity index (χ3n) is 4.21. The molecule has 0 fully saturated rings. The number of benzene rings is 2. The maximum absolute atomic E-state index is 13.8. The molecule has 3 aromatic rings. The zero-order valence-corrected chi connectivity index (χ0v) is 17.1.